The van der Waals surface area contributed by atoms with Gasteiger partial charge in [-0.2, -0.15) is 0 Å². The molecule has 0 aromatic heterocycles. The van der Waals surface area contributed by atoms with Crippen molar-refractivity contribution >= 4 is 47.4 Å². The van der Waals surface area contributed by atoms with Crippen LogP contribution in [0.5, 0.6) is 0 Å². The van der Waals surface area contributed by atoms with Crippen LogP contribution in [0, 0.1) is 0 Å². The standard InChI is InChI=1S/C21H27ClN4O.HI/c1-4-15(2)26-20(27)18-9-5-7-16(11-18)13-24-21(23-3)25-14-17-8-6-10-19(22)12-17;/h5-12,15H,4,13-14H2,1-3H3,(H,26,27)(H2,23,24,25);1H. The van der Waals surface area contributed by atoms with E-state index >= 15 is 0 Å². The van der Waals surface area contributed by atoms with E-state index in [0.717, 1.165) is 17.5 Å². The molecular weight excluding hydrogens is 487 g/mol. The second kappa shape index (κ2) is 12.6. The first-order valence-electron chi connectivity index (χ1n) is 9.10. The lowest BCUT2D eigenvalue weighted by atomic mass is 10.1. The fourth-order valence-corrected chi connectivity index (χ4v) is 2.68. The van der Waals surface area contributed by atoms with Crippen LogP contribution in [0.4, 0.5) is 0 Å². The van der Waals surface area contributed by atoms with Crippen molar-refractivity contribution in [3.8, 4) is 0 Å². The molecule has 1 unspecified atom stereocenters. The highest BCUT2D eigenvalue weighted by Gasteiger charge is 2.09. The molecule has 0 saturated carbocycles. The Bertz CT molecular complexity index is 797. The molecule has 152 valence electrons. The molecule has 0 heterocycles. The Morgan fingerprint density at radius 1 is 1.07 bits per heavy atom. The number of hydrogen-bond acceptors (Lipinski definition) is 2. The van der Waals surface area contributed by atoms with Gasteiger partial charge in [-0.15, -0.1) is 24.0 Å². The Labute approximate surface area is 189 Å². The largest absolute Gasteiger partial charge is 0.352 e. The van der Waals surface area contributed by atoms with Crippen molar-refractivity contribution in [2.45, 2.75) is 39.4 Å². The summed E-state index contributed by atoms with van der Waals surface area (Å²) in [6.07, 6.45) is 0.904. The van der Waals surface area contributed by atoms with Crippen LogP contribution >= 0.6 is 35.6 Å². The maximum atomic E-state index is 12.3. The topological polar surface area (TPSA) is 65.5 Å². The average Bonchev–Trinajstić information content (AvgIpc) is 2.68. The SMILES string of the molecule is CCC(C)NC(=O)c1cccc(CNC(=NC)NCc2cccc(Cl)c2)c1.I. The fraction of sp³-hybridized carbons (Fsp3) is 0.333. The molecule has 3 N–H and O–H groups in total. The van der Waals surface area contributed by atoms with Crippen LogP contribution in [0.2, 0.25) is 5.02 Å². The second-order valence-corrected chi connectivity index (χ2v) is 6.83. The maximum absolute atomic E-state index is 12.3. The highest BCUT2D eigenvalue weighted by molar-refractivity contribution is 14.0. The van der Waals surface area contributed by atoms with Gasteiger partial charge >= 0.3 is 0 Å². The van der Waals surface area contributed by atoms with Gasteiger partial charge in [-0.25, -0.2) is 0 Å². The van der Waals surface area contributed by atoms with E-state index in [0.29, 0.717) is 29.6 Å². The number of nitrogens with one attached hydrogen (secondary N) is 3. The molecule has 1 amide bonds. The summed E-state index contributed by atoms with van der Waals surface area (Å²) in [5.41, 5.74) is 2.75. The van der Waals surface area contributed by atoms with Crippen LogP contribution in [0.25, 0.3) is 0 Å². The van der Waals surface area contributed by atoms with Crippen LogP contribution in [0.1, 0.15) is 41.8 Å². The number of amides is 1. The summed E-state index contributed by atoms with van der Waals surface area (Å²) in [6.45, 7) is 5.24. The molecule has 5 nitrogen and oxygen atoms in total. The molecule has 0 radical (unpaired) electrons. The summed E-state index contributed by atoms with van der Waals surface area (Å²) in [5, 5.41) is 10.2. The Kier molecular flexibility index (Phi) is 10.9. The highest BCUT2D eigenvalue weighted by atomic mass is 127. The third-order valence-corrected chi connectivity index (χ3v) is 4.45. The second-order valence-electron chi connectivity index (χ2n) is 6.39. The Hall–Kier alpha value is -1.80. The molecule has 28 heavy (non-hydrogen) atoms. The van der Waals surface area contributed by atoms with Gasteiger partial charge < -0.3 is 16.0 Å². The zero-order chi connectivity index (χ0) is 19.6. The first kappa shape index (κ1) is 24.2. The molecule has 0 aliphatic rings. The summed E-state index contributed by atoms with van der Waals surface area (Å²) in [7, 11) is 1.73. The fourth-order valence-electron chi connectivity index (χ4n) is 2.47. The van der Waals surface area contributed by atoms with Crippen molar-refractivity contribution in [2.75, 3.05) is 7.05 Å². The van der Waals surface area contributed by atoms with E-state index in [2.05, 4.69) is 20.9 Å². The van der Waals surface area contributed by atoms with Crippen molar-refractivity contribution in [3.63, 3.8) is 0 Å². The van der Waals surface area contributed by atoms with Gasteiger partial charge in [0.1, 0.15) is 0 Å². The first-order valence-corrected chi connectivity index (χ1v) is 9.48. The van der Waals surface area contributed by atoms with E-state index in [4.69, 9.17) is 11.6 Å². The monoisotopic (exact) mass is 514 g/mol. The number of benzene rings is 2. The molecule has 0 aliphatic carbocycles. The molecule has 7 heteroatoms. The number of carbonyl (C=O) groups is 1. The van der Waals surface area contributed by atoms with Crippen LogP contribution in [-0.2, 0) is 13.1 Å². The summed E-state index contributed by atoms with van der Waals surface area (Å²) in [4.78, 5) is 16.5. The number of carbonyl (C=O) groups excluding carboxylic acids is 1. The molecule has 2 aromatic carbocycles. The molecular formula is C21H28ClIN4O. The van der Waals surface area contributed by atoms with Gasteiger partial charge in [0.05, 0.1) is 0 Å². The van der Waals surface area contributed by atoms with Crippen molar-refractivity contribution in [2.24, 2.45) is 4.99 Å². The van der Waals surface area contributed by atoms with Gasteiger partial charge in [0.25, 0.3) is 5.91 Å². The van der Waals surface area contributed by atoms with Crippen molar-refractivity contribution in [1.82, 2.24) is 16.0 Å². The number of halogens is 2. The average molecular weight is 515 g/mol. The lowest BCUT2D eigenvalue weighted by Gasteiger charge is -2.14. The number of rotatable bonds is 7. The lowest BCUT2D eigenvalue weighted by molar-refractivity contribution is 0.0939. The number of nitrogens with zero attached hydrogens (tertiary/aromatic N) is 1. The molecule has 0 spiro atoms. The van der Waals surface area contributed by atoms with E-state index in [1.165, 1.54) is 0 Å². The number of guanidine groups is 1. The van der Waals surface area contributed by atoms with E-state index < -0.39 is 0 Å². The Morgan fingerprint density at radius 3 is 2.25 bits per heavy atom. The minimum Gasteiger partial charge on any atom is -0.352 e. The van der Waals surface area contributed by atoms with Crippen molar-refractivity contribution in [3.05, 3.63) is 70.2 Å². The van der Waals surface area contributed by atoms with Gasteiger partial charge in [-0.3, -0.25) is 9.79 Å². The number of aliphatic imine (C=N–C) groups is 1. The zero-order valence-corrected chi connectivity index (χ0v) is 19.5. The zero-order valence-electron chi connectivity index (χ0n) is 16.5. The molecule has 2 rings (SSSR count). The van der Waals surface area contributed by atoms with Gasteiger partial charge in [0, 0.05) is 36.8 Å². The van der Waals surface area contributed by atoms with Crippen molar-refractivity contribution < 1.29 is 4.79 Å². The van der Waals surface area contributed by atoms with E-state index in [1.807, 2.05) is 62.4 Å². The normalized spacial score (nSPS) is 11.9. The smallest absolute Gasteiger partial charge is 0.251 e. The van der Waals surface area contributed by atoms with E-state index in [-0.39, 0.29) is 35.9 Å². The Balaban J connectivity index is 0.00000392. The maximum Gasteiger partial charge on any atom is 0.251 e. The minimum absolute atomic E-state index is 0. The molecule has 2 aromatic rings. The number of hydrogen-bond donors (Lipinski definition) is 3. The van der Waals surface area contributed by atoms with Crippen LogP contribution < -0.4 is 16.0 Å². The van der Waals surface area contributed by atoms with Crippen LogP contribution in [0.3, 0.4) is 0 Å². The third-order valence-electron chi connectivity index (χ3n) is 4.21. The molecule has 0 saturated heterocycles. The van der Waals surface area contributed by atoms with E-state index in [9.17, 15) is 4.79 Å². The summed E-state index contributed by atoms with van der Waals surface area (Å²) >= 11 is 6.01. The van der Waals surface area contributed by atoms with Crippen LogP contribution in [-0.4, -0.2) is 25.0 Å². The molecule has 0 bridgehead atoms. The first-order chi connectivity index (χ1) is 13.0. The molecule has 0 aliphatic heterocycles. The predicted molar refractivity (Wildman–Crippen MR) is 128 cm³/mol. The van der Waals surface area contributed by atoms with Gasteiger partial charge in [0.15, 0.2) is 5.96 Å². The minimum atomic E-state index is -0.0466. The van der Waals surface area contributed by atoms with E-state index in [1.54, 1.807) is 7.05 Å². The van der Waals surface area contributed by atoms with Crippen molar-refractivity contribution in [1.29, 1.82) is 0 Å². The Morgan fingerprint density at radius 2 is 1.68 bits per heavy atom. The molecule has 0 fully saturated rings. The summed E-state index contributed by atoms with van der Waals surface area (Å²) in [6, 6.07) is 15.5. The van der Waals surface area contributed by atoms with Crippen LogP contribution in [0.15, 0.2) is 53.5 Å². The third kappa shape index (κ3) is 8.06. The quantitative estimate of drug-likeness (QED) is 0.292. The van der Waals surface area contributed by atoms with Gasteiger partial charge in [-0.1, -0.05) is 42.8 Å². The summed E-state index contributed by atoms with van der Waals surface area (Å²) in [5.74, 6) is 0.638. The van der Waals surface area contributed by atoms with Gasteiger partial charge in [-0.05, 0) is 48.7 Å². The highest BCUT2D eigenvalue weighted by Crippen LogP contribution is 2.10. The molecule has 1 atom stereocenters. The summed E-state index contributed by atoms with van der Waals surface area (Å²) < 4.78 is 0. The predicted octanol–water partition coefficient (Wildman–Crippen LogP) is 4.35. The lowest BCUT2D eigenvalue weighted by Crippen LogP contribution is -2.36. The van der Waals surface area contributed by atoms with Gasteiger partial charge in [0.2, 0.25) is 0 Å².